The number of carboxylic acid groups (broad SMARTS) is 1. The SMILES string of the molecule is O=C(NCc1c[nH]nn1)C1C[C@H]2CNC[C@H]2C1.O=C(O)C(F)(F)F. The van der Waals surface area contributed by atoms with Crippen LogP contribution >= 0.6 is 0 Å². The number of carboxylic acids is 1. The van der Waals surface area contributed by atoms with E-state index in [1.54, 1.807) is 6.20 Å². The minimum Gasteiger partial charge on any atom is -0.475 e. The van der Waals surface area contributed by atoms with Gasteiger partial charge >= 0.3 is 12.1 Å². The maximum absolute atomic E-state index is 12.0. The predicted molar refractivity (Wildman–Crippen MR) is 74.5 cm³/mol. The number of halogens is 3. The Balaban J connectivity index is 0.000000256. The zero-order chi connectivity index (χ0) is 17.7. The van der Waals surface area contributed by atoms with Crippen LogP contribution in [0.25, 0.3) is 0 Å². The van der Waals surface area contributed by atoms with Crippen molar-refractivity contribution in [3.8, 4) is 0 Å². The van der Waals surface area contributed by atoms with Gasteiger partial charge in [-0.25, -0.2) is 4.79 Å². The van der Waals surface area contributed by atoms with Gasteiger partial charge < -0.3 is 15.7 Å². The zero-order valence-electron chi connectivity index (χ0n) is 12.6. The Morgan fingerprint density at radius 3 is 2.33 bits per heavy atom. The van der Waals surface area contributed by atoms with Crippen LogP contribution in [0.4, 0.5) is 13.2 Å². The summed E-state index contributed by atoms with van der Waals surface area (Å²) in [5.41, 5.74) is 0.776. The molecular formula is C13H18F3N5O3. The smallest absolute Gasteiger partial charge is 0.475 e. The summed E-state index contributed by atoms with van der Waals surface area (Å²) in [6.07, 6.45) is -1.32. The monoisotopic (exact) mass is 349 g/mol. The molecule has 4 N–H and O–H groups in total. The summed E-state index contributed by atoms with van der Waals surface area (Å²) in [7, 11) is 0. The second-order valence-electron chi connectivity index (χ2n) is 5.83. The van der Waals surface area contributed by atoms with Crippen molar-refractivity contribution in [2.24, 2.45) is 17.8 Å². The molecule has 8 nitrogen and oxygen atoms in total. The third-order valence-electron chi connectivity index (χ3n) is 4.18. The van der Waals surface area contributed by atoms with Crippen molar-refractivity contribution < 1.29 is 27.9 Å². The lowest BCUT2D eigenvalue weighted by atomic mass is 10.0. The van der Waals surface area contributed by atoms with Gasteiger partial charge in [0.25, 0.3) is 0 Å². The van der Waals surface area contributed by atoms with Crippen molar-refractivity contribution >= 4 is 11.9 Å². The van der Waals surface area contributed by atoms with Crippen molar-refractivity contribution in [2.45, 2.75) is 25.6 Å². The molecule has 0 radical (unpaired) electrons. The van der Waals surface area contributed by atoms with E-state index in [1.165, 1.54) is 0 Å². The van der Waals surface area contributed by atoms with Gasteiger partial charge in [-0.05, 0) is 37.8 Å². The molecule has 2 fully saturated rings. The second-order valence-corrected chi connectivity index (χ2v) is 5.83. The average Bonchev–Trinajstić information content (AvgIpc) is 3.20. The van der Waals surface area contributed by atoms with Crippen LogP contribution in [0.15, 0.2) is 6.20 Å². The number of aliphatic carboxylic acids is 1. The first kappa shape index (κ1) is 18.2. The van der Waals surface area contributed by atoms with Crippen LogP contribution in [0.2, 0.25) is 0 Å². The number of nitrogens with one attached hydrogen (secondary N) is 3. The Labute approximate surface area is 135 Å². The maximum Gasteiger partial charge on any atom is 0.490 e. The Hall–Kier alpha value is -2.17. The molecule has 0 bridgehead atoms. The van der Waals surface area contributed by atoms with Crippen molar-refractivity contribution in [1.29, 1.82) is 0 Å². The predicted octanol–water partition coefficient (Wildman–Crippen LogP) is 0.300. The highest BCUT2D eigenvalue weighted by Gasteiger charge is 2.40. The molecule has 0 spiro atoms. The van der Waals surface area contributed by atoms with Crippen LogP contribution in [0.3, 0.4) is 0 Å². The quantitative estimate of drug-likeness (QED) is 0.623. The first-order valence-corrected chi connectivity index (χ1v) is 7.41. The lowest BCUT2D eigenvalue weighted by molar-refractivity contribution is -0.192. The van der Waals surface area contributed by atoms with Gasteiger partial charge in [0, 0.05) is 12.1 Å². The number of aromatic nitrogens is 3. The van der Waals surface area contributed by atoms with Crippen molar-refractivity contribution in [2.75, 3.05) is 13.1 Å². The summed E-state index contributed by atoms with van der Waals surface area (Å²) in [4.78, 5) is 20.9. The Kier molecular flexibility index (Phi) is 5.75. The largest absolute Gasteiger partial charge is 0.490 e. The molecule has 2 aliphatic rings. The number of hydrogen-bond donors (Lipinski definition) is 4. The molecule has 1 aliphatic carbocycles. The highest BCUT2D eigenvalue weighted by Crippen LogP contribution is 2.38. The van der Waals surface area contributed by atoms with Crippen LogP contribution < -0.4 is 10.6 Å². The van der Waals surface area contributed by atoms with E-state index in [9.17, 15) is 18.0 Å². The van der Waals surface area contributed by atoms with E-state index in [2.05, 4.69) is 26.0 Å². The van der Waals surface area contributed by atoms with Crippen LogP contribution in [0, 0.1) is 17.8 Å². The van der Waals surface area contributed by atoms with E-state index in [1.807, 2.05) is 0 Å². The third-order valence-corrected chi connectivity index (χ3v) is 4.18. The number of alkyl halides is 3. The Bertz CT molecular complexity index is 552. The van der Waals surface area contributed by atoms with Gasteiger partial charge in [-0.1, -0.05) is 5.21 Å². The van der Waals surface area contributed by atoms with Gasteiger partial charge in [-0.15, -0.1) is 5.10 Å². The molecule has 2 heterocycles. The van der Waals surface area contributed by atoms with Crippen molar-refractivity contribution in [1.82, 2.24) is 26.0 Å². The molecule has 1 aliphatic heterocycles. The summed E-state index contributed by atoms with van der Waals surface area (Å²) >= 11 is 0. The average molecular weight is 349 g/mol. The molecule has 3 atom stereocenters. The normalized spacial score (nSPS) is 25.5. The number of carbonyl (C=O) groups excluding carboxylic acids is 1. The second kappa shape index (κ2) is 7.60. The number of H-pyrrole nitrogens is 1. The molecule has 0 aromatic carbocycles. The lowest BCUT2D eigenvalue weighted by Crippen LogP contribution is -2.30. The topological polar surface area (TPSA) is 120 Å². The van der Waals surface area contributed by atoms with E-state index < -0.39 is 12.1 Å². The van der Waals surface area contributed by atoms with Gasteiger partial charge in [0.15, 0.2) is 0 Å². The molecule has 3 rings (SSSR count). The van der Waals surface area contributed by atoms with E-state index in [0.717, 1.165) is 31.6 Å². The molecule has 1 amide bonds. The first-order valence-electron chi connectivity index (χ1n) is 7.41. The number of aromatic amines is 1. The number of nitrogens with zero attached hydrogens (tertiary/aromatic N) is 2. The van der Waals surface area contributed by atoms with Crippen LogP contribution in [-0.2, 0) is 16.1 Å². The van der Waals surface area contributed by atoms with Crippen LogP contribution in [0.1, 0.15) is 18.5 Å². The lowest BCUT2D eigenvalue weighted by Gasteiger charge is -2.10. The molecule has 11 heteroatoms. The van der Waals surface area contributed by atoms with Crippen molar-refractivity contribution in [3.05, 3.63) is 11.9 Å². The molecule has 1 unspecified atom stereocenters. The van der Waals surface area contributed by atoms with Crippen molar-refractivity contribution in [3.63, 3.8) is 0 Å². The van der Waals surface area contributed by atoms with Gasteiger partial charge in [0.1, 0.15) is 5.69 Å². The minimum absolute atomic E-state index is 0.169. The zero-order valence-corrected chi connectivity index (χ0v) is 12.6. The summed E-state index contributed by atoms with van der Waals surface area (Å²) in [5, 5.41) is 23.5. The molecule has 134 valence electrons. The minimum atomic E-state index is -5.08. The third kappa shape index (κ3) is 4.91. The highest BCUT2D eigenvalue weighted by molar-refractivity contribution is 5.79. The number of hydrogen-bond acceptors (Lipinski definition) is 5. The summed E-state index contributed by atoms with van der Waals surface area (Å²) < 4.78 is 31.7. The molecular weight excluding hydrogens is 331 g/mol. The van der Waals surface area contributed by atoms with Gasteiger partial charge in [0.2, 0.25) is 5.91 Å². The summed E-state index contributed by atoms with van der Waals surface area (Å²) in [6.45, 7) is 2.63. The number of fused-ring (bicyclic) bond motifs is 1. The van der Waals surface area contributed by atoms with Gasteiger partial charge in [0.05, 0.1) is 6.54 Å². The van der Waals surface area contributed by atoms with Crippen LogP contribution in [0.5, 0.6) is 0 Å². The molecule has 1 saturated carbocycles. The van der Waals surface area contributed by atoms with Gasteiger partial charge in [-0.2, -0.15) is 13.2 Å². The Morgan fingerprint density at radius 1 is 1.29 bits per heavy atom. The number of amides is 1. The standard InChI is InChI=1S/C11H17N5O.C2HF3O2/c17-11(13-5-10-6-14-16-15-10)7-1-8-3-12-4-9(8)2-7;3-2(4,5)1(6)7/h6-9,12H,1-5H2,(H,13,17)(H,14,15,16);(H,6,7)/t7?,8-,9+;. The summed E-state index contributed by atoms with van der Waals surface area (Å²) in [6, 6.07) is 0. The fourth-order valence-electron chi connectivity index (χ4n) is 3.01. The fourth-order valence-corrected chi connectivity index (χ4v) is 3.01. The number of rotatable bonds is 3. The van der Waals surface area contributed by atoms with E-state index in [0.29, 0.717) is 18.4 Å². The molecule has 24 heavy (non-hydrogen) atoms. The maximum atomic E-state index is 12.0. The van der Waals surface area contributed by atoms with E-state index in [4.69, 9.17) is 9.90 Å². The number of carbonyl (C=O) groups is 2. The van der Waals surface area contributed by atoms with E-state index >= 15 is 0 Å². The fraction of sp³-hybridized carbons (Fsp3) is 0.692. The highest BCUT2D eigenvalue weighted by atomic mass is 19.4. The van der Waals surface area contributed by atoms with Gasteiger partial charge in [-0.3, -0.25) is 9.89 Å². The molecule has 1 aromatic rings. The van der Waals surface area contributed by atoms with E-state index in [-0.39, 0.29) is 11.8 Å². The Morgan fingerprint density at radius 2 is 1.88 bits per heavy atom. The first-order chi connectivity index (χ1) is 11.3. The van der Waals surface area contributed by atoms with Crippen LogP contribution in [-0.4, -0.2) is 51.7 Å². The molecule has 1 saturated heterocycles. The molecule has 1 aromatic heterocycles. The summed E-state index contributed by atoms with van der Waals surface area (Å²) in [5.74, 6) is -0.982.